The molecule has 1 saturated carbocycles. The smallest absolute Gasteiger partial charge is 0.306 e. The molecule has 2 rings (SSSR count). The Balaban J connectivity index is 1.89. The lowest BCUT2D eigenvalue weighted by molar-refractivity contribution is -0.490. The monoisotopic (exact) mass is 363 g/mol. The zero-order chi connectivity index (χ0) is 19.3. The van der Waals surface area contributed by atoms with Gasteiger partial charge in [0.1, 0.15) is 11.5 Å². The van der Waals surface area contributed by atoms with Crippen LogP contribution in [0.5, 0.6) is 5.75 Å². The van der Waals surface area contributed by atoms with Crippen LogP contribution in [0.25, 0.3) is 0 Å². The molecule has 1 aliphatic rings. The van der Waals surface area contributed by atoms with Crippen molar-refractivity contribution in [1.82, 2.24) is 0 Å². The summed E-state index contributed by atoms with van der Waals surface area (Å²) in [5.41, 5.74) is 0.371. The van der Waals surface area contributed by atoms with Crippen LogP contribution >= 0.6 is 0 Å². The Morgan fingerprint density at radius 1 is 1.27 bits per heavy atom. The minimum absolute atomic E-state index is 0.147. The molecule has 0 saturated heterocycles. The van der Waals surface area contributed by atoms with E-state index in [2.05, 4.69) is 0 Å². The second kappa shape index (κ2) is 8.55. The first kappa shape index (κ1) is 19.6. The Kier molecular flexibility index (Phi) is 6.43. The average Bonchev–Trinajstić information content (AvgIpc) is 2.86. The summed E-state index contributed by atoms with van der Waals surface area (Å²) in [7, 11) is 1.51. The van der Waals surface area contributed by atoms with E-state index in [-0.39, 0.29) is 36.9 Å². The number of ether oxygens (including phenoxy) is 2. The summed E-state index contributed by atoms with van der Waals surface area (Å²) < 4.78 is 9.97. The molecule has 0 spiro atoms. The van der Waals surface area contributed by atoms with Crippen LogP contribution in [0, 0.1) is 27.9 Å². The van der Waals surface area contributed by atoms with Gasteiger partial charge in [0.25, 0.3) is 0 Å². The third-order valence-corrected chi connectivity index (χ3v) is 4.71. The summed E-state index contributed by atoms with van der Waals surface area (Å²) in [6, 6.07) is 6.36. The molecule has 0 amide bonds. The van der Waals surface area contributed by atoms with Gasteiger partial charge in [0.15, 0.2) is 12.4 Å². The molecule has 140 valence electrons. The summed E-state index contributed by atoms with van der Waals surface area (Å²) in [6.45, 7) is 0.974. The van der Waals surface area contributed by atoms with Crippen molar-refractivity contribution < 1.29 is 28.8 Å². The minimum Gasteiger partial charge on any atom is -0.497 e. The highest BCUT2D eigenvalue weighted by molar-refractivity contribution is 5.98. The van der Waals surface area contributed by atoms with Crippen LogP contribution in [0.15, 0.2) is 24.3 Å². The van der Waals surface area contributed by atoms with Crippen molar-refractivity contribution in [2.75, 3.05) is 20.3 Å². The molecule has 3 atom stereocenters. The summed E-state index contributed by atoms with van der Waals surface area (Å²) in [5.74, 6) is -2.00. The van der Waals surface area contributed by atoms with E-state index >= 15 is 0 Å². The highest BCUT2D eigenvalue weighted by atomic mass is 16.6. The number of nitrogens with zero attached hydrogens (tertiary/aromatic N) is 1. The van der Waals surface area contributed by atoms with Gasteiger partial charge in [-0.05, 0) is 30.2 Å². The number of Topliss-reactive ketones (excluding diaryl/α,β-unsaturated/α-hetero) is 2. The Morgan fingerprint density at radius 3 is 2.50 bits per heavy atom. The molecule has 1 aliphatic carbocycles. The number of hydrogen-bond acceptors (Lipinski definition) is 7. The van der Waals surface area contributed by atoms with Crippen molar-refractivity contribution in [3.8, 4) is 5.75 Å². The maximum Gasteiger partial charge on any atom is 0.306 e. The second-order valence-corrected chi connectivity index (χ2v) is 6.45. The lowest BCUT2D eigenvalue weighted by Crippen LogP contribution is -2.28. The SMILES string of the molecule is COc1ccc(C(=O)COC(=O)C[C@H]2C(=O)C[C@@H](C)[C@H]2C[N+](=O)[O-])cc1. The molecule has 1 aromatic carbocycles. The molecule has 0 aromatic heterocycles. The van der Waals surface area contributed by atoms with Crippen molar-refractivity contribution in [2.45, 2.75) is 19.8 Å². The normalized spacial score (nSPS) is 22.1. The van der Waals surface area contributed by atoms with E-state index in [0.29, 0.717) is 11.3 Å². The summed E-state index contributed by atoms with van der Waals surface area (Å²) >= 11 is 0. The highest BCUT2D eigenvalue weighted by Crippen LogP contribution is 2.36. The number of benzene rings is 1. The first-order valence-electron chi connectivity index (χ1n) is 8.29. The number of rotatable bonds is 8. The van der Waals surface area contributed by atoms with Crippen LogP contribution < -0.4 is 4.74 Å². The van der Waals surface area contributed by atoms with Gasteiger partial charge in [0, 0.05) is 28.7 Å². The van der Waals surface area contributed by atoms with Gasteiger partial charge in [-0.25, -0.2) is 0 Å². The zero-order valence-corrected chi connectivity index (χ0v) is 14.7. The topological polar surface area (TPSA) is 113 Å². The number of esters is 1. The molecular weight excluding hydrogens is 342 g/mol. The van der Waals surface area contributed by atoms with Crippen molar-refractivity contribution >= 4 is 17.5 Å². The molecule has 1 aromatic rings. The van der Waals surface area contributed by atoms with Gasteiger partial charge < -0.3 is 9.47 Å². The predicted molar refractivity (Wildman–Crippen MR) is 90.5 cm³/mol. The van der Waals surface area contributed by atoms with Gasteiger partial charge in [-0.3, -0.25) is 24.5 Å². The van der Waals surface area contributed by atoms with Gasteiger partial charge in [-0.1, -0.05) is 6.92 Å². The molecule has 1 fully saturated rings. The summed E-state index contributed by atoms with van der Waals surface area (Å²) in [4.78, 5) is 46.4. The molecule has 0 radical (unpaired) electrons. The van der Waals surface area contributed by atoms with E-state index < -0.39 is 29.3 Å². The van der Waals surface area contributed by atoms with Gasteiger partial charge in [0.2, 0.25) is 6.54 Å². The van der Waals surface area contributed by atoms with Crippen LogP contribution in [0.1, 0.15) is 30.1 Å². The summed E-state index contributed by atoms with van der Waals surface area (Å²) in [6.07, 6.45) is -0.0151. The van der Waals surface area contributed by atoms with Crippen molar-refractivity contribution in [2.24, 2.45) is 17.8 Å². The van der Waals surface area contributed by atoms with Crippen molar-refractivity contribution in [1.29, 1.82) is 0 Å². The maximum atomic E-state index is 12.0. The molecule has 0 aliphatic heterocycles. The molecule has 0 N–H and O–H groups in total. The molecule has 0 bridgehead atoms. The van der Waals surface area contributed by atoms with E-state index in [1.165, 1.54) is 7.11 Å². The quantitative estimate of drug-likeness (QED) is 0.300. The fourth-order valence-electron chi connectivity index (χ4n) is 3.24. The van der Waals surface area contributed by atoms with Crippen LogP contribution in [-0.2, 0) is 14.3 Å². The van der Waals surface area contributed by atoms with E-state index in [1.807, 2.05) is 0 Å². The Hall–Kier alpha value is -2.77. The molecular formula is C18H21NO7. The van der Waals surface area contributed by atoms with Crippen molar-refractivity contribution in [3.05, 3.63) is 39.9 Å². The van der Waals surface area contributed by atoms with Gasteiger partial charge in [-0.2, -0.15) is 0 Å². The average molecular weight is 363 g/mol. The maximum absolute atomic E-state index is 12.0. The Labute approximate surface area is 150 Å². The predicted octanol–water partition coefficient (Wildman–Crippen LogP) is 1.93. The molecule has 26 heavy (non-hydrogen) atoms. The van der Waals surface area contributed by atoms with Crippen LogP contribution in [0.2, 0.25) is 0 Å². The Morgan fingerprint density at radius 2 is 1.92 bits per heavy atom. The number of nitro groups is 1. The van der Waals surface area contributed by atoms with Gasteiger partial charge in [0.05, 0.1) is 13.5 Å². The lowest BCUT2D eigenvalue weighted by Gasteiger charge is -2.16. The van der Waals surface area contributed by atoms with Crippen LogP contribution in [0.3, 0.4) is 0 Å². The zero-order valence-electron chi connectivity index (χ0n) is 14.7. The van der Waals surface area contributed by atoms with E-state index in [0.717, 1.165) is 0 Å². The molecule has 8 heteroatoms. The third kappa shape index (κ3) is 4.87. The highest BCUT2D eigenvalue weighted by Gasteiger charge is 2.44. The molecule has 0 unspecified atom stereocenters. The number of carbonyl (C=O) groups is 3. The largest absolute Gasteiger partial charge is 0.497 e. The fraction of sp³-hybridized carbons (Fsp3) is 0.500. The summed E-state index contributed by atoms with van der Waals surface area (Å²) in [5, 5.41) is 10.8. The standard InChI is InChI=1S/C18H21NO7/c1-11-7-16(20)14(15(11)9-19(23)24)8-18(22)26-10-17(21)12-3-5-13(25-2)6-4-12/h3-6,11,14-15H,7-10H2,1-2H3/t11-,14-,15-/m1/s1. The first-order valence-corrected chi connectivity index (χ1v) is 8.29. The number of ketones is 2. The number of methoxy groups -OCH3 is 1. The van der Waals surface area contributed by atoms with E-state index in [1.54, 1.807) is 31.2 Å². The molecule has 0 heterocycles. The van der Waals surface area contributed by atoms with E-state index in [4.69, 9.17) is 9.47 Å². The third-order valence-electron chi connectivity index (χ3n) is 4.71. The fourth-order valence-corrected chi connectivity index (χ4v) is 3.24. The lowest BCUT2D eigenvalue weighted by atomic mass is 9.88. The van der Waals surface area contributed by atoms with Gasteiger partial charge in [-0.15, -0.1) is 0 Å². The number of hydrogen-bond donors (Lipinski definition) is 0. The second-order valence-electron chi connectivity index (χ2n) is 6.45. The number of carbonyl (C=O) groups excluding carboxylic acids is 3. The minimum atomic E-state index is -0.723. The van der Waals surface area contributed by atoms with E-state index in [9.17, 15) is 24.5 Å². The Bertz CT molecular complexity index is 698. The molecule has 8 nitrogen and oxygen atoms in total. The van der Waals surface area contributed by atoms with Crippen LogP contribution in [0.4, 0.5) is 0 Å². The van der Waals surface area contributed by atoms with Gasteiger partial charge >= 0.3 is 5.97 Å². The van der Waals surface area contributed by atoms with Crippen LogP contribution in [-0.4, -0.2) is 42.7 Å². The first-order chi connectivity index (χ1) is 12.3. The van der Waals surface area contributed by atoms with Crippen molar-refractivity contribution in [3.63, 3.8) is 0 Å².